The quantitative estimate of drug-likeness (QED) is 0.841. The largest absolute Gasteiger partial charge is 0.326 e. The minimum atomic E-state index is -3.53. The number of benzene rings is 2. The van der Waals surface area contributed by atoms with Crippen molar-refractivity contribution in [1.82, 2.24) is 4.72 Å². The molecule has 0 fully saturated rings. The smallest absolute Gasteiger partial charge is 0.226 e. The van der Waals surface area contributed by atoms with Crippen LogP contribution in [0.2, 0.25) is 0 Å². The van der Waals surface area contributed by atoms with E-state index in [1.54, 1.807) is 6.07 Å². The van der Waals surface area contributed by atoms with Crippen LogP contribution >= 0.6 is 0 Å². The first-order chi connectivity index (χ1) is 11.2. The van der Waals surface area contributed by atoms with Gasteiger partial charge in [0, 0.05) is 12.1 Å². The van der Waals surface area contributed by atoms with Crippen molar-refractivity contribution >= 4 is 21.6 Å². The molecule has 1 amide bonds. The van der Waals surface area contributed by atoms with Crippen molar-refractivity contribution in [2.24, 2.45) is 0 Å². The first-order valence-corrected chi connectivity index (χ1v) is 9.21. The van der Waals surface area contributed by atoms with Gasteiger partial charge in [-0.15, -0.1) is 0 Å². The van der Waals surface area contributed by atoms with Gasteiger partial charge in [-0.05, 0) is 42.3 Å². The first kappa shape index (κ1) is 18.1. The maximum Gasteiger partial charge on any atom is 0.226 e. The molecule has 0 aromatic heterocycles. The van der Waals surface area contributed by atoms with E-state index in [1.165, 1.54) is 24.3 Å². The summed E-state index contributed by atoms with van der Waals surface area (Å²) in [6.45, 7) is 1.90. The summed E-state index contributed by atoms with van der Waals surface area (Å²) in [4.78, 5) is 12.2. The molecule has 7 heteroatoms. The highest BCUT2D eigenvalue weighted by molar-refractivity contribution is 7.88. The SMILES string of the molecule is Cc1cccc(NC(=O)CC(NS(C)(=O)=O)c2ccc(F)cc2)c1. The predicted octanol–water partition coefficient (Wildman–Crippen LogP) is 2.75. The Morgan fingerprint density at radius 2 is 1.83 bits per heavy atom. The van der Waals surface area contributed by atoms with Crippen LogP contribution in [-0.4, -0.2) is 20.6 Å². The molecule has 0 aliphatic rings. The Bertz CT molecular complexity index is 820. The number of rotatable bonds is 6. The highest BCUT2D eigenvalue weighted by Crippen LogP contribution is 2.20. The average Bonchev–Trinajstić information content (AvgIpc) is 2.45. The summed E-state index contributed by atoms with van der Waals surface area (Å²) in [5.74, 6) is -0.771. The Morgan fingerprint density at radius 1 is 1.17 bits per heavy atom. The van der Waals surface area contributed by atoms with Gasteiger partial charge in [0.15, 0.2) is 0 Å². The van der Waals surface area contributed by atoms with Crippen LogP contribution in [0.1, 0.15) is 23.6 Å². The van der Waals surface area contributed by atoms with E-state index in [4.69, 9.17) is 0 Å². The normalized spacial score (nSPS) is 12.6. The summed E-state index contributed by atoms with van der Waals surface area (Å²) in [6, 6.07) is 11.9. The van der Waals surface area contributed by atoms with Gasteiger partial charge < -0.3 is 5.32 Å². The highest BCUT2D eigenvalue weighted by Gasteiger charge is 2.20. The van der Waals surface area contributed by atoms with Gasteiger partial charge in [-0.2, -0.15) is 0 Å². The van der Waals surface area contributed by atoms with Crippen LogP contribution in [0.5, 0.6) is 0 Å². The molecule has 0 radical (unpaired) electrons. The molecule has 0 saturated carbocycles. The Balaban J connectivity index is 2.15. The number of anilines is 1. The lowest BCUT2D eigenvalue weighted by molar-refractivity contribution is -0.116. The van der Waals surface area contributed by atoms with E-state index in [0.717, 1.165) is 11.8 Å². The van der Waals surface area contributed by atoms with Crippen LogP contribution in [0.3, 0.4) is 0 Å². The maximum atomic E-state index is 13.1. The van der Waals surface area contributed by atoms with E-state index in [-0.39, 0.29) is 12.3 Å². The lowest BCUT2D eigenvalue weighted by atomic mass is 10.0. The molecule has 0 bridgehead atoms. The van der Waals surface area contributed by atoms with Crippen LogP contribution in [-0.2, 0) is 14.8 Å². The summed E-state index contributed by atoms with van der Waals surface area (Å²) in [6.07, 6.45) is 0.911. The molecule has 0 aliphatic carbocycles. The van der Waals surface area contributed by atoms with Gasteiger partial charge >= 0.3 is 0 Å². The molecule has 1 unspecified atom stereocenters. The minimum absolute atomic E-state index is 0.105. The van der Waals surface area contributed by atoms with Gasteiger partial charge in [-0.1, -0.05) is 24.3 Å². The number of amides is 1. The molecule has 2 N–H and O–H groups in total. The zero-order valence-corrected chi connectivity index (χ0v) is 14.2. The fourth-order valence-electron chi connectivity index (χ4n) is 2.30. The first-order valence-electron chi connectivity index (χ1n) is 7.32. The van der Waals surface area contributed by atoms with E-state index < -0.39 is 21.9 Å². The molecule has 0 saturated heterocycles. The monoisotopic (exact) mass is 350 g/mol. The van der Waals surface area contributed by atoms with Crippen LogP contribution < -0.4 is 10.0 Å². The highest BCUT2D eigenvalue weighted by atomic mass is 32.2. The molecule has 2 aromatic carbocycles. The van der Waals surface area contributed by atoms with Crippen LogP contribution in [0, 0.1) is 12.7 Å². The maximum absolute atomic E-state index is 13.1. The average molecular weight is 350 g/mol. The Kier molecular flexibility index (Phi) is 5.69. The topological polar surface area (TPSA) is 75.3 Å². The summed E-state index contributed by atoms with van der Waals surface area (Å²) >= 11 is 0. The Morgan fingerprint density at radius 3 is 2.42 bits per heavy atom. The summed E-state index contributed by atoms with van der Waals surface area (Å²) < 4.78 is 38.6. The summed E-state index contributed by atoms with van der Waals surface area (Å²) in [5, 5.41) is 2.73. The third-order valence-electron chi connectivity index (χ3n) is 3.32. The number of carbonyl (C=O) groups is 1. The van der Waals surface area contributed by atoms with Crippen molar-refractivity contribution in [3.05, 3.63) is 65.5 Å². The number of aryl methyl sites for hydroxylation is 1. The van der Waals surface area contributed by atoms with Gasteiger partial charge in [-0.25, -0.2) is 17.5 Å². The molecule has 0 spiro atoms. The lowest BCUT2D eigenvalue weighted by Gasteiger charge is -2.18. The van der Waals surface area contributed by atoms with Crippen LogP contribution in [0.25, 0.3) is 0 Å². The number of hydrogen-bond donors (Lipinski definition) is 2. The number of carbonyl (C=O) groups excluding carboxylic acids is 1. The molecule has 24 heavy (non-hydrogen) atoms. The predicted molar refractivity (Wildman–Crippen MR) is 91.5 cm³/mol. The minimum Gasteiger partial charge on any atom is -0.326 e. The van der Waals surface area contributed by atoms with E-state index in [9.17, 15) is 17.6 Å². The molecule has 2 rings (SSSR count). The van der Waals surface area contributed by atoms with Gasteiger partial charge in [-0.3, -0.25) is 4.79 Å². The molecule has 1 atom stereocenters. The molecule has 0 heterocycles. The molecular formula is C17H19FN2O3S. The summed E-state index contributed by atoms with van der Waals surface area (Å²) in [5.41, 5.74) is 2.15. The van der Waals surface area contributed by atoms with E-state index in [1.807, 2.05) is 25.1 Å². The molecular weight excluding hydrogens is 331 g/mol. The zero-order chi connectivity index (χ0) is 17.7. The number of hydrogen-bond acceptors (Lipinski definition) is 3. The second kappa shape index (κ2) is 7.55. The number of halogens is 1. The van der Waals surface area contributed by atoms with E-state index in [0.29, 0.717) is 11.3 Å². The second-order valence-electron chi connectivity index (χ2n) is 5.62. The van der Waals surface area contributed by atoms with Crippen molar-refractivity contribution in [3.63, 3.8) is 0 Å². The summed E-state index contributed by atoms with van der Waals surface area (Å²) in [7, 11) is -3.53. The van der Waals surface area contributed by atoms with Crippen molar-refractivity contribution < 1.29 is 17.6 Å². The fraction of sp³-hybridized carbons (Fsp3) is 0.235. The zero-order valence-electron chi connectivity index (χ0n) is 13.4. The van der Waals surface area contributed by atoms with Gasteiger partial charge in [0.2, 0.25) is 15.9 Å². The number of sulfonamides is 1. The van der Waals surface area contributed by atoms with E-state index >= 15 is 0 Å². The molecule has 5 nitrogen and oxygen atoms in total. The van der Waals surface area contributed by atoms with Crippen molar-refractivity contribution in [2.75, 3.05) is 11.6 Å². The van der Waals surface area contributed by atoms with Crippen molar-refractivity contribution in [1.29, 1.82) is 0 Å². The third kappa shape index (κ3) is 5.75. The van der Waals surface area contributed by atoms with Crippen LogP contribution in [0.4, 0.5) is 10.1 Å². The van der Waals surface area contributed by atoms with Gasteiger partial charge in [0.25, 0.3) is 0 Å². The molecule has 2 aromatic rings. The Hall–Kier alpha value is -2.25. The standard InChI is InChI=1S/C17H19FN2O3S/c1-12-4-3-5-15(10-12)19-17(21)11-16(20-24(2,22)23)13-6-8-14(18)9-7-13/h3-10,16,20H,11H2,1-2H3,(H,19,21). The lowest BCUT2D eigenvalue weighted by Crippen LogP contribution is -2.30. The Labute approximate surface area is 141 Å². The number of nitrogens with one attached hydrogen (secondary N) is 2. The van der Waals surface area contributed by atoms with Crippen molar-refractivity contribution in [2.45, 2.75) is 19.4 Å². The van der Waals surface area contributed by atoms with Crippen LogP contribution in [0.15, 0.2) is 48.5 Å². The molecule has 0 aliphatic heterocycles. The van der Waals surface area contributed by atoms with Gasteiger partial charge in [0.05, 0.1) is 12.3 Å². The molecule has 128 valence electrons. The van der Waals surface area contributed by atoms with Gasteiger partial charge in [0.1, 0.15) is 5.82 Å². The van der Waals surface area contributed by atoms with Crippen molar-refractivity contribution in [3.8, 4) is 0 Å². The van der Waals surface area contributed by atoms with E-state index in [2.05, 4.69) is 10.0 Å². The third-order valence-corrected chi connectivity index (χ3v) is 4.03. The second-order valence-corrected chi connectivity index (χ2v) is 7.40. The fourth-order valence-corrected chi connectivity index (χ4v) is 3.04.